The summed E-state index contributed by atoms with van der Waals surface area (Å²) in [7, 11) is 0. The highest BCUT2D eigenvalue weighted by Crippen LogP contribution is 2.31. The molecule has 0 aliphatic heterocycles. The zero-order chi connectivity index (χ0) is 12.4. The number of hydrogen-bond donors (Lipinski definition) is 1. The molecule has 7 heteroatoms. The molecule has 0 aliphatic carbocycles. The van der Waals surface area contributed by atoms with E-state index in [0.717, 1.165) is 26.4 Å². The Hall–Kier alpha value is -1.31. The topological polar surface area (TPSA) is 64.9 Å². The van der Waals surface area contributed by atoms with Gasteiger partial charge in [0.05, 0.1) is 22.4 Å². The third-order valence-electron chi connectivity index (χ3n) is 2.15. The number of hydrogen-bond acceptors (Lipinski definition) is 7. The van der Waals surface area contributed by atoms with E-state index < -0.39 is 0 Å². The molecule has 3 aromatic heterocycles. The molecule has 3 rings (SSSR count). The van der Waals surface area contributed by atoms with Crippen LogP contribution in [0.15, 0.2) is 38.6 Å². The van der Waals surface area contributed by atoms with Gasteiger partial charge in [0.15, 0.2) is 15.9 Å². The van der Waals surface area contributed by atoms with Gasteiger partial charge in [0, 0.05) is 11.1 Å². The Balaban J connectivity index is 1.67. The van der Waals surface area contributed by atoms with E-state index >= 15 is 0 Å². The molecule has 0 spiro atoms. The second kappa shape index (κ2) is 5.13. The van der Waals surface area contributed by atoms with Crippen molar-refractivity contribution in [1.82, 2.24) is 9.97 Å². The van der Waals surface area contributed by atoms with Crippen LogP contribution in [0.25, 0.3) is 10.8 Å². The second-order valence-electron chi connectivity index (χ2n) is 3.43. The largest absolute Gasteiger partial charge is 0.462 e. The van der Waals surface area contributed by atoms with Gasteiger partial charge in [-0.25, -0.2) is 9.97 Å². The van der Waals surface area contributed by atoms with Crippen LogP contribution < -0.4 is 5.73 Å². The SMILES string of the molecule is Nc1ncc(SCc2csc(-c3ccco3)n2)s1. The van der Waals surface area contributed by atoms with Crippen molar-refractivity contribution in [2.45, 2.75) is 9.96 Å². The Labute approximate surface area is 116 Å². The van der Waals surface area contributed by atoms with Crippen molar-refractivity contribution in [3.05, 3.63) is 35.7 Å². The molecule has 0 fully saturated rings. The molecule has 2 N–H and O–H groups in total. The van der Waals surface area contributed by atoms with Crippen molar-refractivity contribution >= 4 is 39.6 Å². The maximum absolute atomic E-state index is 5.58. The van der Waals surface area contributed by atoms with Crippen molar-refractivity contribution < 1.29 is 4.42 Å². The third-order valence-corrected chi connectivity index (χ3v) is 5.11. The molecule has 18 heavy (non-hydrogen) atoms. The van der Waals surface area contributed by atoms with Crippen LogP contribution in [0.5, 0.6) is 0 Å². The minimum Gasteiger partial charge on any atom is -0.462 e. The Morgan fingerprint density at radius 3 is 3.11 bits per heavy atom. The van der Waals surface area contributed by atoms with Gasteiger partial charge >= 0.3 is 0 Å². The van der Waals surface area contributed by atoms with Crippen molar-refractivity contribution in [1.29, 1.82) is 0 Å². The molecular formula is C11H9N3OS3. The molecule has 0 atom stereocenters. The predicted octanol–water partition coefficient (Wildman–Crippen LogP) is 3.73. The van der Waals surface area contributed by atoms with Crippen LogP contribution in [0.4, 0.5) is 5.13 Å². The van der Waals surface area contributed by atoms with Crippen LogP contribution in [0.1, 0.15) is 5.69 Å². The average Bonchev–Trinajstić information content (AvgIpc) is 3.07. The number of aromatic nitrogens is 2. The summed E-state index contributed by atoms with van der Waals surface area (Å²) in [5.74, 6) is 1.64. The summed E-state index contributed by atoms with van der Waals surface area (Å²) in [6.07, 6.45) is 3.45. The van der Waals surface area contributed by atoms with Gasteiger partial charge in [-0.1, -0.05) is 11.3 Å². The Kier molecular flexibility index (Phi) is 3.35. The van der Waals surface area contributed by atoms with E-state index in [2.05, 4.69) is 15.3 Å². The van der Waals surface area contributed by atoms with Gasteiger partial charge in [0.2, 0.25) is 0 Å². The van der Waals surface area contributed by atoms with Crippen LogP contribution in [0.2, 0.25) is 0 Å². The van der Waals surface area contributed by atoms with E-state index in [1.165, 1.54) is 11.3 Å². The summed E-state index contributed by atoms with van der Waals surface area (Å²) in [4.78, 5) is 8.55. The first-order valence-corrected chi connectivity index (χ1v) is 7.82. The minimum atomic E-state index is 0.604. The molecule has 3 heterocycles. The predicted molar refractivity (Wildman–Crippen MR) is 75.9 cm³/mol. The summed E-state index contributed by atoms with van der Waals surface area (Å²) in [6, 6.07) is 3.78. The lowest BCUT2D eigenvalue weighted by Crippen LogP contribution is -1.79. The lowest BCUT2D eigenvalue weighted by molar-refractivity contribution is 0.581. The molecule has 0 saturated heterocycles. The van der Waals surface area contributed by atoms with Gasteiger partial charge in [0.1, 0.15) is 0 Å². The van der Waals surface area contributed by atoms with Crippen molar-refractivity contribution in [2.75, 3.05) is 5.73 Å². The van der Waals surface area contributed by atoms with E-state index in [-0.39, 0.29) is 0 Å². The monoisotopic (exact) mass is 295 g/mol. The first-order chi connectivity index (χ1) is 8.81. The number of nitrogens with zero attached hydrogens (tertiary/aromatic N) is 2. The number of thiazole rings is 2. The number of anilines is 1. The summed E-state index contributed by atoms with van der Waals surface area (Å²) < 4.78 is 6.43. The van der Waals surface area contributed by atoms with Crippen LogP contribution >= 0.6 is 34.4 Å². The number of nitrogens with two attached hydrogens (primary N) is 1. The summed E-state index contributed by atoms with van der Waals surface area (Å²) in [5.41, 5.74) is 6.63. The van der Waals surface area contributed by atoms with Gasteiger partial charge in [-0.05, 0) is 12.1 Å². The first-order valence-electron chi connectivity index (χ1n) is 5.13. The summed E-state index contributed by atoms with van der Waals surface area (Å²) >= 11 is 4.79. The highest BCUT2D eigenvalue weighted by molar-refractivity contribution is 8.00. The van der Waals surface area contributed by atoms with Crippen molar-refractivity contribution in [2.24, 2.45) is 0 Å². The fourth-order valence-electron chi connectivity index (χ4n) is 1.37. The van der Waals surface area contributed by atoms with Crippen molar-refractivity contribution in [3.63, 3.8) is 0 Å². The van der Waals surface area contributed by atoms with Crippen LogP contribution in [0, 0.1) is 0 Å². The molecule has 3 aromatic rings. The number of thioether (sulfide) groups is 1. The maximum Gasteiger partial charge on any atom is 0.181 e. The zero-order valence-corrected chi connectivity index (χ0v) is 11.6. The third kappa shape index (κ3) is 2.58. The van der Waals surface area contributed by atoms with Gasteiger partial charge in [-0.2, -0.15) is 0 Å². The first kappa shape index (κ1) is 11.8. The fraction of sp³-hybridized carbons (Fsp3) is 0.0909. The molecule has 0 radical (unpaired) electrons. The highest BCUT2D eigenvalue weighted by Gasteiger charge is 2.08. The molecule has 0 saturated carbocycles. The quantitative estimate of drug-likeness (QED) is 0.743. The average molecular weight is 295 g/mol. The van der Waals surface area contributed by atoms with E-state index in [9.17, 15) is 0 Å². The smallest absolute Gasteiger partial charge is 0.181 e. The molecule has 4 nitrogen and oxygen atoms in total. The van der Waals surface area contributed by atoms with Crippen LogP contribution in [0.3, 0.4) is 0 Å². The summed E-state index contributed by atoms with van der Waals surface area (Å²) in [6.45, 7) is 0. The lowest BCUT2D eigenvalue weighted by atomic mass is 10.5. The van der Waals surface area contributed by atoms with E-state index in [1.807, 2.05) is 12.1 Å². The number of furan rings is 1. The Morgan fingerprint density at radius 2 is 2.39 bits per heavy atom. The summed E-state index contributed by atoms with van der Waals surface area (Å²) in [5, 5.41) is 3.57. The Morgan fingerprint density at radius 1 is 1.44 bits per heavy atom. The molecule has 0 bridgehead atoms. The second-order valence-corrected chi connectivity index (χ2v) is 6.62. The normalized spacial score (nSPS) is 10.9. The molecule has 0 aromatic carbocycles. The number of rotatable bonds is 4. The van der Waals surface area contributed by atoms with Gasteiger partial charge < -0.3 is 10.2 Å². The molecule has 0 unspecified atom stereocenters. The van der Waals surface area contributed by atoms with E-state index in [0.29, 0.717) is 5.13 Å². The lowest BCUT2D eigenvalue weighted by Gasteiger charge is -1.93. The van der Waals surface area contributed by atoms with Gasteiger partial charge in [-0.15, -0.1) is 23.1 Å². The van der Waals surface area contributed by atoms with Gasteiger partial charge in [0.25, 0.3) is 0 Å². The molecule has 92 valence electrons. The minimum absolute atomic E-state index is 0.604. The molecule has 0 amide bonds. The Bertz CT molecular complexity index is 630. The molecule has 0 aliphatic rings. The number of nitrogen functional groups attached to an aromatic ring is 1. The van der Waals surface area contributed by atoms with Crippen LogP contribution in [-0.4, -0.2) is 9.97 Å². The van der Waals surface area contributed by atoms with Crippen molar-refractivity contribution in [3.8, 4) is 10.8 Å². The maximum atomic E-state index is 5.58. The highest BCUT2D eigenvalue weighted by atomic mass is 32.2. The zero-order valence-electron chi connectivity index (χ0n) is 9.20. The molecular weight excluding hydrogens is 286 g/mol. The fourth-order valence-corrected chi connectivity index (χ4v) is 3.91. The van der Waals surface area contributed by atoms with E-state index in [4.69, 9.17) is 10.2 Å². The van der Waals surface area contributed by atoms with E-state index in [1.54, 1.807) is 35.6 Å². The van der Waals surface area contributed by atoms with Crippen LogP contribution in [-0.2, 0) is 5.75 Å². The standard InChI is InChI=1S/C11H9N3OS3/c12-11-13-4-9(18-11)16-5-7-6-17-10(14-7)8-2-1-3-15-8/h1-4,6H,5H2,(H2,12,13). The van der Waals surface area contributed by atoms with Gasteiger partial charge in [-0.3, -0.25) is 0 Å².